The molecule has 7 nitrogen and oxygen atoms in total. The number of unbranched alkanes of at least 4 members (excludes halogenated alkanes) is 1. The first-order valence-electron chi connectivity index (χ1n) is 11.1. The van der Waals surface area contributed by atoms with Gasteiger partial charge in [-0.15, -0.1) is 24.0 Å². The smallest absolute Gasteiger partial charge is 0.223 e. The molecule has 1 aromatic rings. The van der Waals surface area contributed by atoms with E-state index in [1.807, 2.05) is 23.1 Å². The summed E-state index contributed by atoms with van der Waals surface area (Å²) >= 11 is 0. The number of guanidine groups is 1. The van der Waals surface area contributed by atoms with Gasteiger partial charge in [0, 0.05) is 58.8 Å². The Kier molecular flexibility index (Phi) is 15.3. The van der Waals surface area contributed by atoms with Crippen molar-refractivity contribution in [2.24, 2.45) is 10.9 Å². The van der Waals surface area contributed by atoms with Gasteiger partial charge in [0.15, 0.2) is 5.96 Å². The van der Waals surface area contributed by atoms with Gasteiger partial charge in [0.2, 0.25) is 5.91 Å². The minimum atomic E-state index is 0. The Hall–Kier alpha value is -1.39. The van der Waals surface area contributed by atoms with E-state index in [0.717, 1.165) is 58.0 Å². The molecule has 0 saturated carbocycles. The Morgan fingerprint density at radius 3 is 2.71 bits per heavy atom. The van der Waals surface area contributed by atoms with Crippen LogP contribution in [-0.4, -0.2) is 76.4 Å². The standard InChI is InChI=1S/C23H38N4O3.HI/c1-3-24-23(25-12-7-8-14-30-16-15-29-2)26-18-21-17-22(28)27(19-21)13-11-20-9-5-4-6-10-20;/h4-6,9-10,21H,3,7-8,11-19H2,1-2H3,(H2,24,25,26);1H. The third kappa shape index (κ3) is 11.7. The number of hydrogen-bond acceptors (Lipinski definition) is 4. The van der Waals surface area contributed by atoms with E-state index in [1.54, 1.807) is 7.11 Å². The van der Waals surface area contributed by atoms with Gasteiger partial charge in [-0.1, -0.05) is 30.3 Å². The quantitative estimate of drug-likeness (QED) is 0.163. The van der Waals surface area contributed by atoms with Crippen LogP contribution in [0.4, 0.5) is 0 Å². The number of amides is 1. The Morgan fingerprint density at radius 1 is 1.16 bits per heavy atom. The summed E-state index contributed by atoms with van der Waals surface area (Å²) < 4.78 is 10.4. The summed E-state index contributed by atoms with van der Waals surface area (Å²) in [7, 11) is 1.68. The van der Waals surface area contributed by atoms with Crippen LogP contribution in [-0.2, 0) is 20.7 Å². The number of ether oxygens (including phenoxy) is 2. The van der Waals surface area contributed by atoms with Gasteiger partial charge in [-0.3, -0.25) is 9.79 Å². The first-order chi connectivity index (χ1) is 14.7. The molecule has 0 radical (unpaired) electrons. The van der Waals surface area contributed by atoms with Crippen LogP contribution in [0.5, 0.6) is 0 Å². The highest BCUT2D eigenvalue weighted by Crippen LogP contribution is 2.18. The van der Waals surface area contributed by atoms with Crippen molar-refractivity contribution in [2.45, 2.75) is 32.6 Å². The largest absolute Gasteiger partial charge is 0.382 e. The second-order valence-corrected chi connectivity index (χ2v) is 7.60. The normalized spacial score (nSPS) is 16.3. The number of nitrogens with one attached hydrogen (secondary N) is 2. The van der Waals surface area contributed by atoms with Crippen LogP contribution in [0.3, 0.4) is 0 Å². The molecule has 1 unspecified atom stereocenters. The van der Waals surface area contributed by atoms with E-state index >= 15 is 0 Å². The molecule has 1 atom stereocenters. The number of carbonyl (C=O) groups is 1. The second-order valence-electron chi connectivity index (χ2n) is 7.60. The topological polar surface area (TPSA) is 75.2 Å². The number of carbonyl (C=O) groups excluding carboxylic acids is 1. The van der Waals surface area contributed by atoms with E-state index in [0.29, 0.717) is 26.2 Å². The Balaban J connectivity index is 0.00000480. The zero-order valence-corrected chi connectivity index (χ0v) is 21.3. The molecule has 2 rings (SSSR count). The van der Waals surface area contributed by atoms with Crippen molar-refractivity contribution >= 4 is 35.8 Å². The van der Waals surface area contributed by atoms with Gasteiger partial charge in [0.25, 0.3) is 0 Å². The van der Waals surface area contributed by atoms with Crippen molar-refractivity contribution in [1.82, 2.24) is 15.5 Å². The van der Waals surface area contributed by atoms with Gasteiger partial charge in [-0.05, 0) is 31.7 Å². The fourth-order valence-electron chi connectivity index (χ4n) is 3.44. The van der Waals surface area contributed by atoms with E-state index in [-0.39, 0.29) is 35.8 Å². The minimum absolute atomic E-state index is 0. The van der Waals surface area contributed by atoms with Crippen LogP contribution < -0.4 is 10.6 Å². The van der Waals surface area contributed by atoms with E-state index < -0.39 is 0 Å². The average molecular weight is 546 g/mol. The maximum Gasteiger partial charge on any atom is 0.223 e. The molecule has 0 aromatic heterocycles. The molecule has 31 heavy (non-hydrogen) atoms. The highest BCUT2D eigenvalue weighted by atomic mass is 127. The molecule has 176 valence electrons. The van der Waals surface area contributed by atoms with Crippen molar-refractivity contribution in [3.05, 3.63) is 35.9 Å². The molecular weight excluding hydrogens is 507 g/mol. The lowest BCUT2D eigenvalue weighted by Gasteiger charge is -2.16. The van der Waals surface area contributed by atoms with E-state index in [9.17, 15) is 4.79 Å². The molecule has 1 heterocycles. The van der Waals surface area contributed by atoms with Crippen LogP contribution in [0.25, 0.3) is 0 Å². The van der Waals surface area contributed by atoms with Gasteiger partial charge in [0.1, 0.15) is 0 Å². The molecule has 1 aliphatic heterocycles. The van der Waals surface area contributed by atoms with Crippen LogP contribution >= 0.6 is 24.0 Å². The van der Waals surface area contributed by atoms with Crippen LogP contribution in [0.15, 0.2) is 35.3 Å². The zero-order valence-electron chi connectivity index (χ0n) is 19.0. The number of hydrogen-bond donors (Lipinski definition) is 2. The molecule has 0 aliphatic carbocycles. The Bertz CT molecular complexity index is 631. The molecule has 0 bridgehead atoms. The SMILES string of the molecule is CCNC(=NCC1CC(=O)N(CCc2ccccc2)C1)NCCCCOCCOC.I. The molecule has 1 saturated heterocycles. The molecule has 0 spiro atoms. The number of methoxy groups -OCH3 is 1. The molecule has 1 fully saturated rings. The van der Waals surface area contributed by atoms with Crippen molar-refractivity contribution in [1.29, 1.82) is 0 Å². The first-order valence-corrected chi connectivity index (χ1v) is 11.1. The molecule has 8 heteroatoms. The maximum atomic E-state index is 12.3. The van der Waals surface area contributed by atoms with Crippen molar-refractivity contribution < 1.29 is 14.3 Å². The highest BCUT2D eigenvalue weighted by molar-refractivity contribution is 14.0. The molecule has 2 N–H and O–H groups in total. The number of benzene rings is 1. The number of rotatable bonds is 14. The van der Waals surface area contributed by atoms with Crippen molar-refractivity contribution in [2.75, 3.05) is 59.7 Å². The highest BCUT2D eigenvalue weighted by Gasteiger charge is 2.28. The summed E-state index contributed by atoms with van der Waals surface area (Å²) in [6, 6.07) is 10.3. The molecule has 1 aliphatic rings. The maximum absolute atomic E-state index is 12.3. The van der Waals surface area contributed by atoms with Crippen LogP contribution in [0.1, 0.15) is 31.7 Å². The molecule has 1 amide bonds. The monoisotopic (exact) mass is 546 g/mol. The van der Waals surface area contributed by atoms with Crippen molar-refractivity contribution in [3.8, 4) is 0 Å². The van der Waals surface area contributed by atoms with Gasteiger partial charge in [-0.25, -0.2) is 0 Å². The fourth-order valence-corrected chi connectivity index (χ4v) is 3.44. The molecular formula is C23H39IN4O3. The first kappa shape index (κ1) is 27.6. The lowest BCUT2D eigenvalue weighted by atomic mass is 10.1. The van der Waals surface area contributed by atoms with Crippen LogP contribution in [0.2, 0.25) is 0 Å². The third-order valence-corrected chi connectivity index (χ3v) is 5.10. The second kappa shape index (κ2) is 17.2. The number of nitrogens with zero attached hydrogens (tertiary/aromatic N) is 2. The fraction of sp³-hybridized carbons (Fsp3) is 0.652. The van der Waals surface area contributed by atoms with Crippen molar-refractivity contribution in [3.63, 3.8) is 0 Å². The van der Waals surface area contributed by atoms with E-state index in [4.69, 9.17) is 14.5 Å². The summed E-state index contributed by atoms with van der Waals surface area (Å²) in [6.45, 7) is 8.03. The number of likely N-dealkylation sites (tertiary alicyclic amines) is 1. The summed E-state index contributed by atoms with van der Waals surface area (Å²) in [5.74, 6) is 1.36. The Morgan fingerprint density at radius 2 is 1.97 bits per heavy atom. The predicted molar refractivity (Wildman–Crippen MR) is 136 cm³/mol. The Labute approximate surface area is 204 Å². The van der Waals surface area contributed by atoms with Gasteiger partial charge >= 0.3 is 0 Å². The lowest BCUT2D eigenvalue weighted by Crippen LogP contribution is -2.38. The average Bonchev–Trinajstić information content (AvgIpc) is 3.12. The van der Waals surface area contributed by atoms with Gasteiger partial charge in [-0.2, -0.15) is 0 Å². The number of halogens is 1. The van der Waals surface area contributed by atoms with E-state index in [2.05, 4.69) is 29.7 Å². The van der Waals surface area contributed by atoms with E-state index in [1.165, 1.54) is 5.56 Å². The van der Waals surface area contributed by atoms with Gasteiger partial charge in [0.05, 0.1) is 13.2 Å². The minimum Gasteiger partial charge on any atom is -0.382 e. The predicted octanol–water partition coefficient (Wildman–Crippen LogP) is 2.69. The summed E-state index contributed by atoms with van der Waals surface area (Å²) in [5, 5.41) is 6.66. The lowest BCUT2D eigenvalue weighted by molar-refractivity contribution is -0.127. The summed E-state index contributed by atoms with van der Waals surface area (Å²) in [6.07, 6.45) is 3.52. The van der Waals surface area contributed by atoms with Gasteiger partial charge < -0.3 is 25.0 Å². The third-order valence-electron chi connectivity index (χ3n) is 5.10. The zero-order chi connectivity index (χ0) is 21.4. The summed E-state index contributed by atoms with van der Waals surface area (Å²) in [5.41, 5.74) is 1.27. The molecule has 1 aromatic carbocycles. The summed E-state index contributed by atoms with van der Waals surface area (Å²) in [4.78, 5) is 19.0. The van der Waals surface area contributed by atoms with Crippen LogP contribution in [0, 0.1) is 5.92 Å². The number of aliphatic imine (C=N–C) groups is 1.